The maximum absolute atomic E-state index is 12.2. The predicted octanol–water partition coefficient (Wildman–Crippen LogP) is 3.54. The summed E-state index contributed by atoms with van der Waals surface area (Å²) in [5.41, 5.74) is 3.96. The van der Waals surface area contributed by atoms with Crippen molar-refractivity contribution in [3.05, 3.63) is 76.1 Å². The van der Waals surface area contributed by atoms with E-state index in [1.165, 1.54) is 0 Å². The third-order valence-electron chi connectivity index (χ3n) is 3.79. The van der Waals surface area contributed by atoms with Crippen LogP contribution in [0.3, 0.4) is 0 Å². The van der Waals surface area contributed by atoms with Crippen LogP contribution in [-0.2, 0) is 0 Å². The van der Waals surface area contributed by atoms with Gasteiger partial charge in [0.2, 0.25) is 5.95 Å². The van der Waals surface area contributed by atoms with E-state index in [-0.39, 0.29) is 11.5 Å². The summed E-state index contributed by atoms with van der Waals surface area (Å²) >= 11 is 0. The number of hydrogen-bond acceptors (Lipinski definition) is 6. The molecule has 0 saturated carbocycles. The Morgan fingerprint density at radius 3 is 2.82 bits per heavy atom. The topological polar surface area (TPSA) is 103 Å². The Balaban J connectivity index is 1.82. The van der Waals surface area contributed by atoms with E-state index < -0.39 is 5.56 Å². The number of aromatic amines is 1. The molecule has 3 rings (SSSR count). The molecule has 0 unspecified atom stereocenters. The molecule has 0 bridgehead atoms. The van der Waals surface area contributed by atoms with Crippen molar-refractivity contribution in [1.82, 2.24) is 9.97 Å². The standard InChI is InChI=1S/C21H19N5O2/c1-2-11-28-17-10-6-7-15(12-17)14-23-26-21-24-19(16-8-4-3-5-9-16)18(13-22)20(27)25-21/h3-10,12,14H,2,11H2,1H3,(H2,24,25,26,27). The smallest absolute Gasteiger partial charge is 0.270 e. The lowest BCUT2D eigenvalue weighted by atomic mass is 10.1. The Labute approximate surface area is 162 Å². The number of nitrogens with one attached hydrogen (secondary N) is 2. The number of hydrogen-bond donors (Lipinski definition) is 2. The molecule has 7 heteroatoms. The molecule has 140 valence electrons. The van der Waals surface area contributed by atoms with E-state index in [4.69, 9.17) is 4.74 Å². The van der Waals surface area contributed by atoms with E-state index in [1.807, 2.05) is 55.5 Å². The fourth-order valence-electron chi connectivity index (χ4n) is 2.51. The van der Waals surface area contributed by atoms with Gasteiger partial charge in [-0.2, -0.15) is 10.4 Å². The van der Waals surface area contributed by atoms with Gasteiger partial charge in [-0.25, -0.2) is 10.4 Å². The van der Waals surface area contributed by atoms with E-state index in [0.717, 1.165) is 17.7 Å². The Kier molecular flexibility index (Phi) is 6.16. The molecule has 3 aromatic rings. The lowest BCUT2D eigenvalue weighted by molar-refractivity contribution is 0.317. The van der Waals surface area contributed by atoms with Gasteiger partial charge < -0.3 is 4.74 Å². The van der Waals surface area contributed by atoms with E-state index in [9.17, 15) is 10.1 Å². The molecule has 0 aliphatic heterocycles. The highest BCUT2D eigenvalue weighted by molar-refractivity contribution is 5.80. The fraction of sp³-hybridized carbons (Fsp3) is 0.143. The lowest BCUT2D eigenvalue weighted by Gasteiger charge is -2.06. The quantitative estimate of drug-likeness (QED) is 0.487. The zero-order valence-electron chi connectivity index (χ0n) is 15.3. The van der Waals surface area contributed by atoms with Gasteiger partial charge >= 0.3 is 0 Å². The van der Waals surface area contributed by atoms with Crippen molar-refractivity contribution in [3.63, 3.8) is 0 Å². The summed E-state index contributed by atoms with van der Waals surface area (Å²) in [4.78, 5) is 19.1. The van der Waals surface area contributed by atoms with Crippen LogP contribution in [-0.4, -0.2) is 22.8 Å². The number of rotatable bonds is 7. The van der Waals surface area contributed by atoms with Crippen LogP contribution in [0.1, 0.15) is 24.5 Å². The molecule has 1 aromatic heterocycles. The normalized spacial score (nSPS) is 10.6. The van der Waals surface area contributed by atoms with Crippen LogP contribution >= 0.6 is 0 Å². The number of hydrazone groups is 1. The first-order valence-corrected chi connectivity index (χ1v) is 8.83. The fourth-order valence-corrected chi connectivity index (χ4v) is 2.51. The molecular formula is C21H19N5O2. The average Bonchev–Trinajstić information content (AvgIpc) is 2.73. The average molecular weight is 373 g/mol. The van der Waals surface area contributed by atoms with E-state index in [0.29, 0.717) is 17.9 Å². The molecule has 0 saturated heterocycles. The van der Waals surface area contributed by atoms with Crippen molar-refractivity contribution in [1.29, 1.82) is 5.26 Å². The molecule has 0 radical (unpaired) electrons. The number of nitrogens with zero attached hydrogens (tertiary/aromatic N) is 3. The molecular weight excluding hydrogens is 354 g/mol. The summed E-state index contributed by atoms with van der Waals surface area (Å²) in [5, 5.41) is 13.4. The number of ether oxygens (including phenoxy) is 1. The third-order valence-corrected chi connectivity index (χ3v) is 3.79. The molecule has 0 spiro atoms. The maximum Gasteiger partial charge on any atom is 0.270 e. The van der Waals surface area contributed by atoms with Crippen LogP contribution in [0.15, 0.2) is 64.5 Å². The Hall–Kier alpha value is -3.92. The van der Waals surface area contributed by atoms with Gasteiger partial charge in [0.25, 0.3) is 5.56 Å². The summed E-state index contributed by atoms with van der Waals surface area (Å²) in [6, 6.07) is 18.5. The van der Waals surface area contributed by atoms with E-state index >= 15 is 0 Å². The van der Waals surface area contributed by atoms with Crippen LogP contribution in [0.5, 0.6) is 5.75 Å². The number of H-pyrrole nitrogens is 1. The highest BCUT2D eigenvalue weighted by atomic mass is 16.5. The molecule has 7 nitrogen and oxygen atoms in total. The number of benzene rings is 2. The number of aromatic nitrogens is 2. The van der Waals surface area contributed by atoms with Gasteiger partial charge in [0, 0.05) is 5.56 Å². The van der Waals surface area contributed by atoms with Gasteiger partial charge in [-0.15, -0.1) is 0 Å². The third kappa shape index (κ3) is 4.62. The minimum absolute atomic E-state index is 0.0403. The number of nitriles is 1. The molecule has 28 heavy (non-hydrogen) atoms. The second kappa shape index (κ2) is 9.14. The van der Waals surface area contributed by atoms with Crippen molar-refractivity contribution < 1.29 is 4.74 Å². The highest BCUT2D eigenvalue weighted by Crippen LogP contribution is 2.19. The minimum atomic E-state index is -0.524. The lowest BCUT2D eigenvalue weighted by Crippen LogP contribution is -2.16. The van der Waals surface area contributed by atoms with Crippen molar-refractivity contribution in [2.24, 2.45) is 5.10 Å². The van der Waals surface area contributed by atoms with Gasteiger partial charge in [0.1, 0.15) is 17.4 Å². The zero-order valence-corrected chi connectivity index (χ0v) is 15.3. The predicted molar refractivity (Wildman–Crippen MR) is 108 cm³/mol. The van der Waals surface area contributed by atoms with Crippen molar-refractivity contribution in [3.8, 4) is 23.1 Å². The van der Waals surface area contributed by atoms with E-state index in [1.54, 1.807) is 18.3 Å². The van der Waals surface area contributed by atoms with E-state index in [2.05, 4.69) is 20.5 Å². The van der Waals surface area contributed by atoms with Gasteiger partial charge in [0.15, 0.2) is 0 Å². The van der Waals surface area contributed by atoms with Crippen LogP contribution in [0.2, 0.25) is 0 Å². The molecule has 0 amide bonds. The van der Waals surface area contributed by atoms with Gasteiger partial charge in [-0.3, -0.25) is 9.78 Å². The van der Waals surface area contributed by atoms with Crippen molar-refractivity contribution >= 4 is 12.2 Å². The molecule has 2 N–H and O–H groups in total. The second-order valence-corrected chi connectivity index (χ2v) is 5.91. The SMILES string of the molecule is CCCOc1cccc(C=NNc2nc(-c3ccccc3)c(C#N)c(=O)[nH]2)c1. The van der Waals surface area contributed by atoms with Gasteiger partial charge in [-0.05, 0) is 24.1 Å². The largest absolute Gasteiger partial charge is 0.494 e. The zero-order chi connectivity index (χ0) is 19.8. The number of anilines is 1. The summed E-state index contributed by atoms with van der Waals surface area (Å²) < 4.78 is 5.59. The first-order valence-electron chi connectivity index (χ1n) is 8.83. The maximum atomic E-state index is 12.2. The summed E-state index contributed by atoms with van der Waals surface area (Å²) in [6.45, 7) is 2.70. The van der Waals surface area contributed by atoms with Crippen molar-refractivity contribution in [2.75, 3.05) is 12.0 Å². The first kappa shape index (κ1) is 18.9. The Morgan fingerprint density at radius 1 is 1.25 bits per heavy atom. The molecule has 0 fully saturated rings. The van der Waals surface area contributed by atoms with Gasteiger partial charge in [-0.1, -0.05) is 49.4 Å². The highest BCUT2D eigenvalue weighted by Gasteiger charge is 2.12. The summed E-state index contributed by atoms with van der Waals surface area (Å²) in [5.74, 6) is 0.916. The summed E-state index contributed by atoms with van der Waals surface area (Å²) in [6.07, 6.45) is 2.53. The molecule has 0 atom stereocenters. The summed E-state index contributed by atoms with van der Waals surface area (Å²) in [7, 11) is 0. The van der Waals surface area contributed by atoms with Crippen LogP contribution in [0, 0.1) is 11.3 Å². The van der Waals surface area contributed by atoms with Gasteiger partial charge in [0.05, 0.1) is 18.5 Å². The molecule has 1 heterocycles. The minimum Gasteiger partial charge on any atom is -0.494 e. The first-order chi connectivity index (χ1) is 13.7. The molecule has 2 aromatic carbocycles. The Morgan fingerprint density at radius 2 is 2.07 bits per heavy atom. The molecule has 0 aliphatic carbocycles. The Bertz CT molecular complexity index is 1070. The van der Waals surface area contributed by atoms with Crippen LogP contribution in [0.4, 0.5) is 5.95 Å². The molecule has 0 aliphatic rings. The van der Waals surface area contributed by atoms with Crippen molar-refractivity contribution in [2.45, 2.75) is 13.3 Å². The van der Waals surface area contributed by atoms with Crippen LogP contribution < -0.4 is 15.7 Å². The monoisotopic (exact) mass is 373 g/mol. The van der Waals surface area contributed by atoms with Crippen LogP contribution in [0.25, 0.3) is 11.3 Å². The second-order valence-electron chi connectivity index (χ2n) is 5.91.